The van der Waals surface area contributed by atoms with Crippen molar-refractivity contribution in [2.75, 3.05) is 27.4 Å². The molecule has 0 aromatic heterocycles. The molecule has 0 spiro atoms. The molecule has 6 aliphatic rings. The fourth-order valence-corrected chi connectivity index (χ4v) is 8.69. The number of methoxy groups -OCH3 is 2. The van der Waals surface area contributed by atoms with E-state index in [1.54, 1.807) is 0 Å². The fourth-order valence-electron chi connectivity index (χ4n) is 8.69. The number of hydrogen-bond acceptors (Lipinski definition) is 29. The van der Waals surface area contributed by atoms with Crippen LogP contribution >= 0.6 is 0 Å². The highest BCUT2D eigenvalue weighted by Gasteiger charge is 2.58. The summed E-state index contributed by atoms with van der Waals surface area (Å²) in [4.78, 5) is 11.8. The van der Waals surface area contributed by atoms with E-state index in [0.29, 0.717) is 0 Å². The molecule has 6 aliphatic heterocycles. The molecule has 0 bridgehead atoms. The summed E-state index contributed by atoms with van der Waals surface area (Å²) in [6.07, 6.45) is -52.0. The first-order valence-electron chi connectivity index (χ1n) is 21.5. The SMILES string of the molecule is COC1OC(CO)C(O)C(OC2OC(OC=O)C(OC3OC(C)C(O)C(O)C3OC3OC(CO)C(O)C(OC4OC(C)C(OC)C(O)C4O)C3O)C(O)C2O)C1OC1OC(C)C(O)C(O)C1O. The third kappa shape index (κ3) is 11.2. The van der Waals surface area contributed by atoms with E-state index >= 15 is 0 Å². The maximum absolute atomic E-state index is 11.8. The van der Waals surface area contributed by atoms with Crippen LogP contribution in [0.4, 0.5) is 0 Å². The van der Waals surface area contributed by atoms with Crippen LogP contribution in [0.3, 0.4) is 0 Å². The van der Waals surface area contributed by atoms with Crippen molar-refractivity contribution in [3.05, 3.63) is 0 Å². The topological polar surface area (TPSA) is 430 Å². The third-order valence-electron chi connectivity index (χ3n) is 12.6. The summed E-state index contributed by atoms with van der Waals surface area (Å²) in [5.41, 5.74) is 0. The second-order valence-corrected chi connectivity index (χ2v) is 17.0. The Labute approximate surface area is 381 Å². The largest absolute Gasteiger partial charge is 0.435 e. The fraction of sp³-hybridized carbons (Fsp3) is 0.974. The number of carbonyl (C=O) groups excluding carboxylic acids is 1. The van der Waals surface area contributed by atoms with Crippen molar-refractivity contribution in [3.63, 3.8) is 0 Å². The van der Waals surface area contributed by atoms with Gasteiger partial charge in [0, 0.05) is 14.2 Å². The third-order valence-corrected chi connectivity index (χ3v) is 12.6. The molecule has 390 valence electrons. The molecule has 29 nitrogen and oxygen atoms in total. The Bertz CT molecular complexity index is 1540. The summed E-state index contributed by atoms with van der Waals surface area (Å²) in [5.74, 6) is 0. The van der Waals surface area contributed by atoms with Gasteiger partial charge in [-0.1, -0.05) is 0 Å². The lowest BCUT2D eigenvalue weighted by Crippen LogP contribution is -2.68. The molecule has 0 aromatic carbocycles. The Hall–Kier alpha value is -1.61. The van der Waals surface area contributed by atoms with Gasteiger partial charge >= 0.3 is 0 Å². The van der Waals surface area contributed by atoms with Gasteiger partial charge < -0.3 is 138 Å². The molecular weight excluding hydrogens is 920 g/mol. The lowest BCUT2D eigenvalue weighted by atomic mass is 9.96. The molecule has 0 radical (unpaired) electrons. The summed E-state index contributed by atoms with van der Waals surface area (Å²) < 4.78 is 78.8. The van der Waals surface area contributed by atoms with Gasteiger partial charge in [-0.2, -0.15) is 0 Å². The van der Waals surface area contributed by atoms with Crippen LogP contribution in [0.15, 0.2) is 0 Å². The zero-order chi connectivity index (χ0) is 49.3. The van der Waals surface area contributed by atoms with Gasteiger partial charge in [0.1, 0.15) is 116 Å². The van der Waals surface area contributed by atoms with E-state index in [0.717, 1.165) is 7.11 Å². The molecule has 6 fully saturated rings. The Kier molecular flexibility index (Phi) is 19.0. The number of rotatable bonds is 16. The minimum absolute atomic E-state index is 0.144. The molecule has 0 amide bonds. The van der Waals surface area contributed by atoms with Gasteiger partial charge in [0.2, 0.25) is 6.29 Å². The number of aliphatic hydroxyl groups is 14. The molecule has 0 aromatic rings. The second-order valence-electron chi connectivity index (χ2n) is 17.0. The Balaban J connectivity index is 1.21. The van der Waals surface area contributed by atoms with E-state index in [4.69, 9.17) is 66.3 Å². The van der Waals surface area contributed by atoms with Crippen LogP contribution in [0.25, 0.3) is 0 Å². The van der Waals surface area contributed by atoms with Crippen LogP contribution < -0.4 is 0 Å². The first-order valence-corrected chi connectivity index (χ1v) is 21.5. The van der Waals surface area contributed by atoms with Gasteiger partial charge in [-0.05, 0) is 20.8 Å². The van der Waals surface area contributed by atoms with E-state index in [1.807, 2.05) is 0 Å². The maximum Gasteiger partial charge on any atom is 0.295 e. The van der Waals surface area contributed by atoms with Crippen LogP contribution in [0.2, 0.25) is 0 Å². The van der Waals surface area contributed by atoms with Gasteiger partial charge in [-0.15, -0.1) is 0 Å². The molecule has 29 heteroatoms. The lowest BCUT2D eigenvalue weighted by Gasteiger charge is -2.50. The van der Waals surface area contributed by atoms with Gasteiger partial charge in [0.15, 0.2) is 43.8 Å². The first kappa shape index (κ1) is 54.7. The van der Waals surface area contributed by atoms with Gasteiger partial charge in [-0.3, -0.25) is 4.79 Å². The monoisotopic (exact) mass is 984 g/mol. The number of aliphatic hydroxyl groups excluding tert-OH is 14. The highest BCUT2D eigenvalue weighted by molar-refractivity contribution is 5.37. The van der Waals surface area contributed by atoms with Crippen LogP contribution in [0.1, 0.15) is 20.8 Å². The quantitative estimate of drug-likeness (QED) is 0.0639. The summed E-state index contributed by atoms with van der Waals surface area (Å²) in [6.45, 7) is 2.26. The molecule has 14 N–H and O–H groups in total. The Morgan fingerprint density at radius 3 is 1.33 bits per heavy atom. The average Bonchev–Trinajstić information content (AvgIpc) is 3.30. The minimum atomic E-state index is -2.21. The highest BCUT2D eigenvalue weighted by Crippen LogP contribution is 2.37. The van der Waals surface area contributed by atoms with Crippen LogP contribution in [0.5, 0.6) is 0 Å². The van der Waals surface area contributed by atoms with Crippen LogP contribution in [-0.2, 0) is 71.1 Å². The summed E-state index contributed by atoms with van der Waals surface area (Å²) in [6, 6.07) is 0. The molecule has 30 unspecified atom stereocenters. The predicted octanol–water partition coefficient (Wildman–Crippen LogP) is -9.57. The number of ether oxygens (including phenoxy) is 14. The number of carbonyl (C=O) groups is 1. The van der Waals surface area contributed by atoms with Gasteiger partial charge in [0.05, 0.1) is 31.5 Å². The van der Waals surface area contributed by atoms with Crippen molar-refractivity contribution in [2.45, 2.75) is 205 Å². The van der Waals surface area contributed by atoms with Crippen molar-refractivity contribution >= 4 is 6.47 Å². The zero-order valence-corrected chi connectivity index (χ0v) is 36.7. The molecule has 6 saturated heterocycles. The lowest BCUT2D eigenvalue weighted by molar-refractivity contribution is -0.416. The Morgan fingerprint density at radius 2 is 0.761 bits per heavy atom. The van der Waals surface area contributed by atoms with Gasteiger partial charge in [-0.25, -0.2) is 0 Å². The van der Waals surface area contributed by atoms with Gasteiger partial charge in [0.25, 0.3) is 6.47 Å². The van der Waals surface area contributed by atoms with Crippen molar-refractivity contribution in [2.24, 2.45) is 0 Å². The van der Waals surface area contributed by atoms with Crippen molar-refractivity contribution in [1.82, 2.24) is 0 Å². The zero-order valence-electron chi connectivity index (χ0n) is 36.7. The molecule has 67 heavy (non-hydrogen) atoms. The van der Waals surface area contributed by atoms with Crippen LogP contribution in [0, 0.1) is 0 Å². The van der Waals surface area contributed by atoms with Crippen molar-refractivity contribution < 1.29 is 143 Å². The smallest absolute Gasteiger partial charge is 0.295 e. The van der Waals surface area contributed by atoms with E-state index in [-0.39, 0.29) is 6.47 Å². The normalized spacial score (nSPS) is 53.2. The number of hydrogen-bond donors (Lipinski definition) is 14. The second kappa shape index (κ2) is 23.3. The minimum Gasteiger partial charge on any atom is -0.435 e. The standard InChI is InChI=1S/C38H64O29/c1-9-14(42)18(46)22(50)32(57-9)66-31-28(17(45)13(7-40)61-36(31)55-5)63-34-24(52)21(49)29(37(67-34)56-8-41)65-38-30(19(47)15(43)10(2)58-38)64-35-25(53)27(16(44)12(6-39)60-35)62-33-23(51)20(48)26(54-4)11(3)59-33/h8-40,42-53H,6-7H2,1-5H3. The highest BCUT2D eigenvalue weighted by atomic mass is 16.8. The van der Waals surface area contributed by atoms with E-state index in [1.165, 1.54) is 27.9 Å². The molecule has 30 atom stereocenters. The van der Waals surface area contributed by atoms with E-state index in [2.05, 4.69) is 0 Å². The summed E-state index contributed by atoms with van der Waals surface area (Å²) in [5, 5.41) is 152. The summed E-state index contributed by atoms with van der Waals surface area (Å²) in [7, 11) is 2.41. The molecule has 6 rings (SSSR count). The van der Waals surface area contributed by atoms with Crippen molar-refractivity contribution in [1.29, 1.82) is 0 Å². The van der Waals surface area contributed by atoms with Crippen LogP contribution in [-0.4, -0.2) is 290 Å². The van der Waals surface area contributed by atoms with E-state index < -0.39 is 198 Å². The predicted molar refractivity (Wildman–Crippen MR) is 205 cm³/mol. The molecule has 0 aliphatic carbocycles. The molecule has 6 heterocycles. The molecule has 0 saturated carbocycles. The van der Waals surface area contributed by atoms with E-state index in [9.17, 15) is 76.3 Å². The Morgan fingerprint density at radius 1 is 0.358 bits per heavy atom. The van der Waals surface area contributed by atoms with Crippen molar-refractivity contribution in [3.8, 4) is 0 Å². The summed E-state index contributed by atoms with van der Waals surface area (Å²) >= 11 is 0. The first-order chi connectivity index (χ1) is 31.7. The maximum atomic E-state index is 11.8. The average molecular weight is 985 g/mol. The molecular formula is C38H64O29.